The van der Waals surface area contributed by atoms with Crippen molar-refractivity contribution in [2.45, 2.75) is 12.3 Å². The summed E-state index contributed by atoms with van der Waals surface area (Å²) >= 11 is 0. The minimum absolute atomic E-state index is 0.0692. The fourth-order valence-electron chi connectivity index (χ4n) is 3.10. The fraction of sp³-hybridized carbons (Fsp3) is 0.375. The van der Waals surface area contributed by atoms with E-state index in [0.717, 1.165) is 29.2 Å². The first-order valence-electron chi connectivity index (χ1n) is 7.54. The summed E-state index contributed by atoms with van der Waals surface area (Å²) in [6, 6.07) is 10.1. The third-order valence-corrected chi connectivity index (χ3v) is 5.78. The molecule has 0 spiro atoms. The predicted molar refractivity (Wildman–Crippen MR) is 89.2 cm³/mol. The number of hydrogen-bond acceptors (Lipinski definition) is 5. The molecule has 1 aromatic carbocycles. The predicted octanol–water partition coefficient (Wildman–Crippen LogP) is 1.41. The zero-order chi connectivity index (χ0) is 15.1. The molecule has 1 aromatic rings. The summed E-state index contributed by atoms with van der Waals surface area (Å²) in [4.78, 5) is 6.96. The summed E-state index contributed by atoms with van der Waals surface area (Å²) in [5, 5.41) is 6.66. The number of benzene rings is 1. The monoisotopic (exact) mass is 314 g/mol. The summed E-state index contributed by atoms with van der Waals surface area (Å²) in [5.74, 6) is 1.49. The molecule has 0 N–H and O–H groups in total. The molecule has 0 fully saturated rings. The Morgan fingerprint density at radius 3 is 2.91 bits per heavy atom. The Balaban J connectivity index is 1.82. The van der Waals surface area contributed by atoms with Gasteiger partial charge in [-0.2, -0.15) is 5.10 Å². The topological polar surface area (TPSA) is 48.3 Å². The van der Waals surface area contributed by atoms with Crippen LogP contribution in [0.4, 0.5) is 0 Å². The molecule has 2 atom stereocenters. The molecule has 0 radical (unpaired) electrons. The Morgan fingerprint density at radius 1 is 1.32 bits per heavy atom. The maximum absolute atomic E-state index is 12.4. The first kappa shape index (κ1) is 13.7. The van der Waals surface area contributed by atoms with E-state index in [1.165, 1.54) is 0 Å². The Morgan fingerprint density at radius 2 is 2.14 bits per heavy atom. The lowest BCUT2D eigenvalue weighted by Crippen LogP contribution is -2.44. The highest BCUT2D eigenvalue weighted by atomic mass is 32.2. The number of aliphatic imine (C=N–C) groups is 1. The van der Waals surface area contributed by atoms with E-state index in [1.807, 2.05) is 23.2 Å². The van der Waals surface area contributed by atoms with Crippen molar-refractivity contribution in [3.05, 3.63) is 47.5 Å². The summed E-state index contributed by atoms with van der Waals surface area (Å²) in [5.41, 5.74) is 3.13. The average molecular weight is 314 g/mol. The molecule has 0 saturated heterocycles. The van der Waals surface area contributed by atoms with Gasteiger partial charge in [-0.1, -0.05) is 36.4 Å². The van der Waals surface area contributed by atoms with Crippen LogP contribution in [-0.2, 0) is 10.8 Å². The number of hydrogen-bond donors (Lipinski definition) is 0. The normalized spacial score (nSPS) is 26.9. The van der Waals surface area contributed by atoms with Crippen molar-refractivity contribution in [1.82, 2.24) is 9.91 Å². The second-order valence-electron chi connectivity index (χ2n) is 5.57. The molecule has 5 nitrogen and oxygen atoms in total. The van der Waals surface area contributed by atoms with Gasteiger partial charge >= 0.3 is 0 Å². The van der Waals surface area contributed by atoms with E-state index in [2.05, 4.69) is 30.0 Å². The van der Waals surface area contributed by atoms with Crippen LogP contribution in [-0.4, -0.2) is 56.5 Å². The Hall–Kier alpha value is -1.95. The number of fused-ring (bicyclic) bond motifs is 3. The van der Waals surface area contributed by atoms with E-state index in [9.17, 15) is 4.21 Å². The van der Waals surface area contributed by atoms with Crippen molar-refractivity contribution in [2.75, 3.05) is 25.5 Å². The highest BCUT2D eigenvalue weighted by molar-refractivity contribution is 7.86. The first-order chi connectivity index (χ1) is 10.8. The summed E-state index contributed by atoms with van der Waals surface area (Å²) < 4.78 is 12.4. The Bertz CT molecular complexity index is 710. The van der Waals surface area contributed by atoms with Gasteiger partial charge in [-0.3, -0.25) is 14.2 Å². The molecule has 22 heavy (non-hydrogen) atoms. The molecule has 0 aliphatic carbocycles. The molecule has 3 heterocycles. The minimum Gasteiger partial charge on any atom is -0.316 e. The van der Waals surface area contributed by atoms with Crippen molar-refractivity contribution in [2.24, 2.45) is 10.1 Å². The van der Waals surface area contributed by atoms with Gasteiger partial charge in [0.25, 0.3) is 0 Å². The van der Waals surface area contributed by atoms with Crippen molar-refractivity contribution >= 4 is 22.3 Å². The molecule has 6 heteroatoms. The van der Waals surface area contributed by atoms with Crippen molar-refractivity contribution in [3.8, 4) is 0 Å². The number of amidine groups is 1. The molecule has 0 bridgehead atoms. The van der Waals surface area contributed by atoms with Gasteiger partial charge in [0, 0.05) is 17.9 Å². The second kappa shape index (κ2) is 5.35. The van der Waals surface area contributed by atoms with E-state index < -0.39 is 10.8 Å². The molecule has 0 amide bonds. The van der Waals surface area contributed by atoms with E-state index in [4.69, 9.17) is 10.1 Å². The maximum Gasteiger partial charge on any atom is 0.177 e. The molecule has 4 rings (SSSR count). The van der Waals surface area contributed by atoms with Crippen LogP contribution in [0.5, 0.6) is 0 Å². The summed E-state index contributed by atoms with van der Waals surface area (Å²) in [6.45, 7) is 4.21. The van der Waals surface area contributed by atoms with E-state index in [0.29, 0.717) is 19.0 Å². The largest absolute Gasteiger partial charge is 0.316 e. The summed E-state index contributed by atoms with van der Waals surface area (Å²) in [6.07, 6.45) is 2.09. The molecule has 3 aliphatic rings. The number of nitrogens with zero attached hydrogens (tertiary/aromatic N) is 4. The van der Waals surface area contributed by atoms with Crippen LogP contribution in [0.25, 0.3) is 0 Å². The van der Waals surface area contributed by atoms with E-state index in [-0.39, 0.29) is 5.37 Å². The van der Waals surface area contributed by atoms with Gasteiger partial charge in [-0.05, 0) is 12.5 Å². The molecular formula is C16H18N4OS. The lowest BCUT2D eigenvalue weighted by molar-refractivity contribution is 0.244. The maximum atomic E-state index is 12.4. The van der Waals surface area contributed by atoms with Gasteiger partial charge in [0.2, 0.25) is 0 Å². The lowest BCUT2D eigenvalue weighted by Gasteiger charge is -2.26. The lowest BCUT2D eigenvalue weighted by atomic mass is 10.1. The molecule has 114 valence electrons. The van der Waals surface area contributed by atoms with Crippen molar-refractivity contribution < 1.29 is 4.21 Å². The number of hydrazone groups is 1. The van der Waals surface area contributed by atoms with Gasteiger partial charge in [-0.15, -0.1) is 0 Å². The third-order valence-electron chi connectivity index (χ3n) is 4.23. The van der Waals surface area contributed by atoms with Gasteiger partial charge in [0.05, 0.1) is 17.3 Å². The quantitative estimate of drug-likeness (QED) is 0.776. The first-order valence-corrected chi connectivity index (χ1v) is 8.92. The fourth-order valence-corrected chi connectivity index (χ4v) is 4.62. The van der Waals surface area contributed by atoms with Gasteiger partial charge in [-0.25, -0.2) is 0 Å². The SMILES string of the molecule is CCN1CN2C(=N1)C(c1ccccc1)=NCC1=CCS(=O)C12. The van der Waals surface area contributed by atoms with Crippen LogP contribution in [0.3, 0.4) is 0 Å². The standard InChI is InChI=1S/C16H18N4OS/c1-2-19-11-20-15(18-19)14(12-6-4-3-5-7-12)17-10-13-8-9-22(21)16(13)20/h3-8,16H,2,9-11H2,1H3. The van der Waals surface area contributed by atoms with Crippen LogP contribution >= 0.6 is 0 Å². The van der Waals surface area contributed by atoms with Gasteiger partial charge in [0.15, 0.2) is 5.84 Å². The Labute approximate surface area is 132 Å². The average Bonchev–Trinajstić information content (AvgIpc) is 3.09. The van der Waals surface area contributed by atoms with Crippen molar-refractivity contribution in [1.29, 1.82) is 0 Å². The molecule has 2 unspecified atom stereocenters. The highest BCUT2D eigenvalue weighted by Crippen LogP contribution is 2.29. The van der Waals surface area contributed by atoms with E-state index in [1.54, 1.807) is 0 Å². The second-order valence-corrected chi connectivity index (χ2v) is 7.11. The van der Waals surface area contributed by atoms with Crippen molar-refractivity contribution in [3.63, 3.8) is 0 Å². The molecule has 3 aliphatic heterocycles. The van der Waals surface area contributed by atoms with Gasteiger partial charge < -0.3 is 4.90 Å². The van der Waals surface area contributed by atoms with Gasteiger partial charge in [0.1, 0.15) is 17.8 Å². The van der Waals surface area contributed by atoms with Crippen LogP contribution in [0.1, 0.15) is 12.5 Å². The zero-order valence-corrected chi connectivity index (χ0v) is 13.3. The van der Waals surface area contributed by atoms with Crippen LogP contribution in [0, 0.1) is 0 Å². The summed E-state index contributed by atoms with van der Waals surface area (Å²) in [7, 11) is -0.897. The third kappa shape index (κ3) is 2.09. The molecule has 0 saturated carbocycles. The minimum atomic E-state index is -0.897. The highest BCUT2D eigenvalue weighted by Gasteiger charge is 2.41. The zero-order valence-electron chi connectivity index (χ0n) is 12.5. The van der Waals surface area contributed by atoms with Crippen LogP contribution in [0.2, 0.25) is 0 Å². The Kier molecular flexibility index (Phi) is 3.33. The van der Waals surface area contributed by atoms with E-state index >= 15 is 0 Å². The number of rotatable bonds is 2. The van der Waals surface area contributed by atoms with Crippen LogP contribution in [0.15, 0.2) is 52.1 Å². The molecular weight excluding hydrogens is 296 g/mol. The van der Waals surface area contributed by atoms with Crippen LogP contribution < -0.4 is 0 Å². The molecule has 0 aromatic heterocycles. The smallest absolute Gasteiger partial charge is 0.177 e.